The standard InChI is InChI=1S/C20H14F6N2O2S/c1-12-3-2-4-15(9-12)31(29,30)28-18-8-5-13(11-27-18)16-7-6-14(19(21,22)23)10-17(16)20(24,25)26/h2-11H,1H3,(H,27,28). The third-order valence-corrected chi connectivity index (χ3v) is 5.62. The van der Waals surface area contributed by atoms with Gasteiger partial charge in [0.25, 0.3) is 10.0 Å². The molecule has 2 aromatic carbocycles. The van der Waals surface area contributed by atoms with E-state index in [9.17, 15) is 34.8 Å². The molecule has 1 heterocycles. The minimum atomic E-state index is -5.04. The lowest BCUT2D eigenvalue weighted by Gasteiger charge is -2.16. The van der Waals surface area contributed by atoms with Crippen LogP contribution in [0.1, 0.15) is 16.7 Å². The quantitative estimate of drug-likeness (QED) is 0.494. The first kappa shape index (κ1) is 22.6. The van der Waals surface area contributed by atoms with Crippen LogP contribution < -0.4 is 4.72 Å². The number of aromatic nitrogens is 1. The van der Waals surface area contributed by atoms with Gasteiger partial charge in [-0.3, -0.25) is 4.72 Å². The van der Waals surface area contributed by atoms with E-state index in [1.165, 1.54) is 12.1 Å². The van der Waals surface area contributed by atoms with Gasteiger partial charge in [-0.25, -0.2) is 13.4 Å². The maximum atomic E-state index is 13.3. The number of nitrogens with one attached hydrogen (secondary N) is 1. The Kier molecular flexibility index (Phi) is 5.74. The van der Waals surface area contributed by atoms with Crippen LogP contribution in [0, 0.1) is 6.92 Å². The van der Waals surface area contributed by atoms with E-state index in [4.69, 9.17) is 0 Å². The van der Waals surface area contributed by atoms with Crippen LogP contribution in [0.2, 0.25) is 0 Å². The van der Waals surface area contributed by atoms with Crippen molar-refractivity contribution in [2.45, 2.75) is 24.2 Å². The molecule has 0 aliphatic heterocycles. The molecule has 31 heavy (non-hydrogen) atoms. The zero-order chi connectivity index (χ0) is 23.0. The van der Waals surface area contributed by atoms with E-state index in [1.807, 2.05) is 0 Å². The van der Waals surface area contributed by atoms with E-state index >= 15 is 0 Å². The molecule has 164 valence electrons. The Morgan fingerprint density at radius 3 is 2.13 bits per heavy atom. The summed E-state index contributed by atoms with van der Waals surface area (Å²) in [6, 6.07) is 9.58. The number of anilines is 1. The van der Waals surface area contributed by atoms with Gasteiger partial charge in [0, 0.05) is 11.8 Å². The summed E-state index contributed by atoms with van der Waals surface area (Å²) in [6.45, 7) is 1.70. The molecule has 1 aromatic heterocycles. The monoisotopic (exact) mass is 460 g/mol. The Balaban J connectivity index is 1.95. The van der Waals surface area contributed by atoms with Gasteiger partial charge in [-0.2, -0.15) is 26.3 Å². The number of benzene rings is 2. The maximum Gasteiger partial charge on any atom is 0.417 e. The van der Waals surface area contributed by atoms with E-state index in [0.29, 0.717) is 17.7 Å². The van der Waals surface area contributed by atoms with Crippen LogP contribution in [0.15, 0.2) is 65.7 Å². The van der Waals surface area contributed by atoms with E-state index in [1.54, 1.807) is 19.1 Å². The predicted molar refractivity (Wildman–Crippen MR) is 102 cm³/mol. The van der Waals surface area contributed by atoms with Crippen LogP contribution in [0.3, 0.4) is 0 Å². The lowest BCUT2D eigenvalue weighted by Crippen LogP contribution is -2.14. The first-order valence-electron chi connectivity index (χ1n) is 8.62. The predicted octanol–water partition coefficient (Wildman–Crippen LogP) is 5.90. The average molecular weight is 460 g/mol. The molecule has 0 amide bonds. The number of halogens is 6. The SMILES string of the molecule is Cc1cccc(S(=O)(=O)Nc2ccc(-c3ccc(C(F)(F)F)cc3C(F)(F)F)cn2)c1. The highest BCUT2D eigenvalue weighted by Gasteiger charge is 2.38. The number of alkyl halides is 6. The molecule has 3 rings (SSSR count). The van der Waals surface area contributed by atoms with Gasteiger partial charge in [-0.15, -0.1) is 0 Å². The van der Waals surface area contributed by atoms with Crippen molar-refractivity contribution < 1.29 is 34.8 Å². The molecule has 1 N–H and O–H groups in total. The number of hydrogen-bond acceptors (Lipinski definition) is 3. The summed E-state index contributed by atoms with van der Waals surface area (Å²) in [7, 11) is -3.98. The van der Waals surface area contributed by atoms with E-state index in [2.05, 4.69) is 9.71 Å². The van der Waals surface area contributed by atoms with Crippen LogP contribution in [0.4, 0.5) is 32.2 Å². The second kappa shape index (κ2) is 7.88. The van der Waals surface area contributed by atoms with Crippen molar-refractivity contribution in [3.05, 3.63) is 77.5 Å². The molecule has 0 fully saturated rings. The molecule has 0 aliphatic rings. The van der Waals surface area contributed by atoms with Gasteiger partial charge in [-0.05, 0) is 54.4 Å². The third-order valence-electron chi connectivity index (χ3n) is 4.27. The second-order valence-corrected chi connectivity index (χ2v) is 8.29. The third kappa shape index (κ3) is 5.16. The highest BCUT2D eigenvalue weighted by atomic mass is 32.2. The topological polar surface area (TPSA) is 59.1 Å². The summed E-state index contributed by atoms with van der Waals surface area (Å²) in [5, 5.41) is 0. The molecule has 0 bridgehead atoms. The first-order valence-corrected chi connectivity index (χ1v) is 10.1. The van der Waals surface area contributed by atoms with Crippen LogP contribution in [0.5, 0.6) is 0 Å². The van der Waals surface area contributed by atoms with Crippen molar-refractivity contribution in [2.24, 2.45) is 0 Å². The fraction of sp³-hybridized carbons (Fsp3) is 0.150. The number of rotatable bonds is 4. The van der Waals surface area contributed by atoms with Crippen molar-refractivity contribution in [3.63, 3.8) is 0 Å². The van der Waals surface area contributed by atoms with Gasteiger partial charge < -0.3 is 0 Å². The minimum Gasteiger partial charge on any atom is -0.263 e. The Bertz CT molecular complexity index is 1200. The molecular formula is C20H14F6N2O2S. The molecule has 3 aromatic rings. The minimum absolute atomic E-state index is 0.0273. The summed E-state index contributed by atoms with van der Waals surface area (Å²) in [5.41, 5.74) is -2.84. The maximum absolute atomic E-state index is 13.3. The van der Waals surface area contributed by atoms with Crippen LogP contribution in [-0.4, -0.2) is 13.4 Å². The Hall–Kier alpha value is -3.08. The summed E-state index contributed by atoms with van der Waals surface area (Å²) < 4.78 is 106. The Morgan fingerprint density at radius 1 is 0.871 bits per heavy atom. The number of hydrogen-bond donors (Lipinski definition) is 1. The van der Waals surface area contributed by atoms with Gasteiger partial charge >= 0.3 is 12.4 Å². The zero-order valence-electron chi connectivity index (χ0n) is 15.7. The molecule has 0 aliphatic carbocycles. The zero-order valence-corrected chi connectivity index (χ0v) is 16.5. The number of aryl methyl sites for hydroxylation is 1. The molecule has 0 atom stereocenters. The van der Waals surface area contributed by atoms with Gasteiger partial charge in [-0.1, -0.05) is 18.2 Å². The molecule has 0 radical (unpaired) electrons. The van der Waals surface area contributed by atoms with E-state index in [-0.39, 0.29) is 22.3 Å². The first-order chi connectivity index (χ1) is 14.3. The highest BCUT2D eigenvalue weighted by Crippen LogP contribution is 2.40. The number of pyridine rings is 1. The lowest BCUT2D eigenvalue weighted by atomic mass is 9.98. The van der Waals surface area contributed by atoms with Gasteiger partial charge in [0.15, 0.2) is 0 Å². The molecule has 4 nitrogen and oxygen atoms in total. The van der Waals surface area contributed by atoms with E-state index in [0.717, 1.165) is 18.3 Å². The summed E-state index contributed by atoms with van der Waals surface area (Å²) in [5.74, 6) is -0.161. The molecule has 0 saturated carbocycles. The van der Waals surface area contributed by atoms with Gasteiger partial charge in [0.05, 0.1) is 16.0 Å². The summed E-state index contributed by atoms with van der Waals surface area (Å²) in [4.78, 5) is 3.78. The average Bonchev–Trinajstić information content (AvgIpc) is 2.66. The van der Waals surface area contributed by atoms with Gasteiger partial charge in [0.2, 0.25) is 0 Å². The molecule has 0 spiro atoms. The second-order valence-electron chi connectivity index (χ2n) is 6.61. The van der Waals surface area contributed by atoms with Crippen LogP contribution >= 0.6 is 0 Å². The molecule has 11 heteroatoms. The van der Waals surface area contributed by atoms with Crippen molar-refractivity contribution in [1.29, 1.82) is 0 Å². The lowest BCUT2D eigenvalue weighted by molar-refractivity contribution is -0.142. The van der Waals surface area contributed by atoms with E-state index < -0.39 is 39.1 Å². The summed E-state index contributed by atoms with van der Waals surface area (Å²) in [6.07, 6.45) is -9.03. The normalized spacial score (nSPS) is 12.6. The number of nitrogens with zero attached hydrogens (tertiary/aromatic N) is 1. The Morgan fingerprint density at radius 2 is 1.58 bits per heavy atom. The largest absolute Gasteiger partial charge is 0.417 e. The fourth-order valence-corrected chi connectivity index (χ4v) is 3.91. The fourth-order valence-electron chi connectivity index (χ4n) is 2.80. The van der Waals surface area contributed by atoms with Crippen molar-refractivity contribution in [1.82, 2.24) is 4.98 Å². The molecule has 0 unspecified atom stereocenters. The Labute approximate surface area is 173 Å². The van der Waals surface area contributed by atoms with Gasteiger partial charge in [0.1, 0.15) is 5.82 Å². The molecular weight excluding hydrogens is 446 g/mol. The van der Waals surface area contributed by atoms with Crippen molar-refractivity contribution in [2.75, 3.05) is 4.72 Å². The number of sulfonamides is 1. The molecule has 0 saturated heterocycles. The highest BCUT2D eigenvalue weighted by molar-refractivity contribution is 7.92. The summed E-state index contributed by atoms with van der Waals surface area (Å²) >= 11 is 0. The van der Waals surface area contributed by atoms with Crippen LogP contribution in [-0.2, 0) is 22.4 Å². The van der Waals surface area contributed by atoms with Crippen LogP contribution in [0.25, 0.3) is 11.1 Å². The van der Waals surface area contributed by atoms with Crippen molar-refractivity contribution >= 4 is 15.8 Å². The van der Waals surface area contributed by atoms with Crippen molar-refractivity contribution in [3.8, 4) is 11.1 Å². The smallest absolute Gasteiger partial charge is 0.263 e.